The molecule has 1 aliphatic carbocycles. The summed E-state index contributed by atoms with van der Waals surface area (Å²) in [5.41, 5.74) is 0. The Morgan fingerprint density at radius 2 is 2.40 bits per heavy atom. The van der Waals surface area contributed by atoms with E-state index in [1.165, 1.54) is 0 Å². The van der Waals surface area contributed by atoms with Gasteiger partial charge in [-0.2, -0.15) is 0 Å². The van der Waals surface area contributed by atoms with Crippen LogP contribution in [0.15, 0.2) is 12.2 Å². The highest BCUT2D eigenvalue weighted by molar-refractivity contribution is 5.78. The normalized spacial score (nSPS) is 24.3. The highest BCUT2D eigenvalue weighted by Crippen LogP contribution is 2.17. The smallest absolute Gasteiger partial charge is 0.223 e. The van der Waals surface area contributed by atoms with Crippen LogP contribution in [0.5, 0.6) is 0 Å². The molecule has 1 aliphatic rings. The molecule has 0 aromatic heterocycles. The van der Waals surface area contributed by atoms with Gasteiger partial charge < -0.3 is 5.32 Å². The van der Waals surface area contributed by atoms with Crippen molar-refractivity contribution in [2.24, 2.45) is 5.92 Å². The maximum Gasteiger partial charge on any atom is 0.223 e. The standard InChI is InChI=1S/C8H13NO/c1-9-8(10)7-5-3-2-4-6-7/h2-3,7H,4-6H2,1H3,(H,9,10)/t7-/m1/s1. The summed E-state index contributed by atoms with van der Waals surface area (Å²) in [6, 6.07) is 0. The summed E-state index contributed by atoms with van der Waals surface area (Å²) in [4.78, 5) is 11.0. The van der Waals surface area contributed by atoms with E-state index in [0.717, 1.165) is 19.3 Å². The fourth-order valence-electron chi connectivity index (χ4n) is 1.24. The minimum Gasteiger partial charge on any atom is -0.359 e. The molecule has 1 rings (SSSR count). The van der Waals surface area contributed by atoms with Crippen LogP contribution in [0.2, 0.25) is 0 Å². The van der Waals surface area contributed by atoms with Crippen LogP contribution < -0.4 is 5.32 Å². The van der Waals surface area contributed by atoms with E-state index in [-0.39, 0.29) is 11.8 Å². The van der Waals surface area contributed by atoms with Crippen LogP contribution in [0.3, 0.4) is 0 Å². The zero-order chi connectivity index (χ0) is 7.40. The molecule has 0 bridgehead atoms. The molecule has 0 aliphatic heterocycles. The number of carbonyl (C=O) groups is 1. The molecule has 2 heteroatoms. The zero-order valence-electron chi connectivity index (χ0n) is 6.26. The predicted octanol–water partition coefficient (Wildman–Crippen LogP) is 1.09. The minimum absolute atomic E-state index is 0.185. The van der Waals surface area contributed by atoms with Gasteiger partial charge in [0.05, 0.1) is 0 Å². The molecule has 2 nitrogen and oxygen atoms in total. The maximum absolute atomic E-state index is 11.0. The van der Waals surface area contributed by atoms with Crippen molar-refractivity contribution in [3.05, 3.63) is 12.2 Å². The Hall–Kier alpha value is -0.790. The molecule has 1 amide bonds. The highest BCUT2D eigenvalue weighted by Gasteiger charge is 2.16. The van der Waals surface area contributed by atoms with Gasteiger partial charge in [0.25, 0.3) is 0 Å². The number of carbonyl (C=O) groups excluding carboxylic acids is 1. The van der Waals surface area contributed by atoms with Crippen molar-refractivity contribution in [3.63, 3.8) is 0 Å². The molecule has 56 valence electrons. The Labute approximate surface area is 61.3 Å². The minimum atomic E-state index is 0.185. The average Bonchev–Trinajstić information content (AvgIpc) is 2.05. The summed E-state index contributed by atoms with van der Waals surface area (Å²) in [6.07, 6.45) is 7.21. The molecule has 0 heterocycles. The molecular weight excluding hydrogens is 126 g/mol. The fraction of sp³-hybridized carbons (Fsp3) is 0.625. The Balaban J connectivity index is 2.41. The first kappa shape index (κ1) is 7.32. The van der Waals surface area contributed by atoms with Crippen LogP contribution >= 0.6 is 0 Å². The first-order valence-electron chi connectivity index (χ1n) is 3.71. The van der Waals surface area contributed by atoms with Gasteiger partial charge in [-0.1, -0.05) is 12.2 Å². The number of hydrogen-bond acceptors (Lipinski definition) is 1. The number of rotatable bonds is 1. The largest absolute Gasteiger partial charge is 0.359 e. The highest BCUT2D eigenvalue weighted by atomic mass is 16.1. The zero-order valence-corrected chi connectivity index (χ0v) is 6.26. The topological polar surface area (TPSA) is 29.1 Å². The second-order valence-electron chi connectivity index (χ2n) is 2.60. The van der Waals surface area contributed by atoms with Crippen LogP contribution in [0, 0.1) is 5.92 Å². The number of nitrogens with one attached hydrogen (secondary N) is 1. The van der Waals surface area contributed by atoms with Gasteiger partial charge >= 0.3 is 0 Å². The van der Waals surface area contributed by atoms with Crippen molar-refractivity contribution in [2.75, 3.05) is 7.05 Å². The van der Waals surface area contributed by atoms with Crippen LogP contribution in [0.4, 0.5) is 0 Å². The lowest BCUT2D eigenvalue weighted by Crippen LogP contribution is -2.27. The van der Waals surface area contributed by atoms with Crippen molar-refractivity contribution < 1.29 is 4.79 Å². The van der Waals surface area contributed by atoms with Gasteiger partial charge in [0, 0.05) is 13.0 Å². The molecule has 10 heavy (non-hydrogen) atoms. The molecule has 1 atom stereocenters. The Morgan fingerprint density at radius 1 is 1.60 bits per heavy atom. The van der Waals surface area contributed by atoms with Gasteiger partial charge in [0.2, 0.25) is 5.91 Å². The lowest BCUT2D eigenvalue weighted by Gasteiger charge is -2.14. The maximum atomic E-state index is 11.0. The van der Waals surface area contributed by atoms with E-state index in [2.05, 4.69) is 17.5 Å². The lowest BCUT2D eigenvalue weighted by molar-refractivity contribution is -0.124. The fourth-order valence-corrected chi connectivity index (χ4v) is 1.24. The molecule has 0 spiro atoms. The van der Waals surface area contributed by atoms with E-state index in [1.807, 2.05) is 0 Å². The quantitative estimate of drug-likeness (QED) is 0.541. The van der Waals surface area contributed by atoms with Crippen molar-refractivity contribution in [1.29, 1.82) is 0 Å². The first-order valence-corrected chi connectivity index (χ1v) is 3.71. The summed E-state index contributed by atoms with van der Waals surface area (Å²) in [6.45, 7) is 0. The summed E-state index contributed by atoms with van der Waals surface area (Å²) >= 11 is 0. The molecule has 0 saturated heterocycles. The van der Waals surface area contributed by atoms with E-state index in [9.17, 15) is 4.79 Å². The van der Waals surface area contributed by atoms with E-state index in [4.69, 9.17) is 0 Å². The molecular formula is C8H13NO. The molecule has 0 unspecified atom stereocenters. The third-order valence-corrected chi connectivity index (χ3v) is 1.89. The van der Waals surface area contributed by atoms with Gasteiger partial charge in [-0.25, -0.2) is 0 Å². The molecule has 0 aromatic rings. The van der Waals surface area contributed by atoms with Gasteiger partial charge in [-0.15, -0.1) is 0 Å². The van der Waals surface area contributed by atoms with Gasteiger partial charge in [0.15, 0.2) is 0 Å². The second-order valence-corrected chi connectivity index (χ2v) is 2.60. The second kappa shape index (κ2) is 3.40. The molecule has 1 N–H and O–H groups in total. The lowest BCUT2D eigenvalue weighted by atomic mass is 9.94. The SMILES string of the molecule is CNC(=O)[C@@H]1CC=CCC1. The summed E-state index contributed by atoms with van der Waals surface area (Å²) < 4.78 is 0. The van der Waals surface area contributed by atoms with Crippen molar-refractivity contribution in [2.45, 2.75) is 19.3 Å². The molecule has 0 saturated carbocycles. The van der Waals surface area contributed by atoms with E-state index >= 15 is 0 Å². The van der Waals surface area contributed by atoms with Crippen molar-refractivity contribution in [3.8, 4) is 0 Å². The predicted molar refractivity (Wildman–Crippen MR) is 40.5 cm³/mol. The van der Waals surface area contributed by atoms with Crippen molar-refractivity contribution in [1.82, 2.24) is 5.32 Å². The molecule has 0 aromatic carbocycles. The van der Waals surface area contributed by atoms with E-state index in [0.29, 0.717) is 0 Å². The van der Waals surface area contributed by atoms with Crippen LogP contribution in [0.1, 0.15) is 19.3 Å². The summed E-state index contributed by atoms with van der Waals surface area (Å²) in [7, 11) is 1.70. The summed E-state index contributed by atoms with van der Waals surface area (Å²) in [5, 5.41) is 2.66. The third-order valence-electron chi connectivity index (χ3n) is 1.89. The number of hydrogen-bond donors (Lipinski definition) is 1. The van der Waals surface area contributed by atoms with Crippen LogP contribution in [-0.2, 0) is 4.79 Å². The third kappa shape index (κ3) is 1.59. The van der Waals surface area contributed by atoms with Crippen molar-refractivity contribution >= 4 is 5.91 Å². The van der Waals surface area contributed by atoms with Gasteiger partial charge in [-0.05, 0) is 19.3 Å². The Morgan fingerprint density at radius 3 is 2.90 bits per heavy atom. The van der Waals surface area contributed by atoms with Crippen LogP contribution in [-0.4, -0.2) is 13.0 Å². The average molecular weight is 139 g/mol. The summed E-state index contributed by atoms with van der Waals surface area (Å²) in [5.74, 6) is 0.416. The molecule has 0 fully saturated rings. The van der Waals surface area contributed by atoms with E-state index < -0.39 is 0 Å². The Bertz CT molecular complexity index is 151. The molecule has 0 radical (unpaired) electrons. The van der Waals surface area contributed by atoms with Gasteiger partial charge in [-0.3, -0.25) is 4.79 Å². The Kier molecular flexibility index (Phi) is 2.49. The van der Waals surface area contributed by atoms with Crippen LogP contribution in [0.25, 0.3) is 0 Å². The number of amides is 1. The first-order chi connectivity index (χ1) is 4.84. The van der Waals surface area contributed by atoms with Gasteiger partial charge in [0.1, 0.15) is 0 Å². The van der Waals surface area contributed by atoms with E-state index in [1.54, 1.807) is 7.05 Å². The number of allylic oxidation sites excluding steroid dienone is 2. The monoisotopic (exact) mass is 139 g/mol.